The molecule has 2 amide bonds. The summed E-state index contributed by atoms with van der Waals surface area (Å²) in [5.41, 5.74) is 10.3. The van der Waals surface area contributed by atoms with Crippen LogP contribution in [-0.2, 0) is 15.9 Å². The van der Waals surface area contributed by atoms with Gasteiger partial charge in [0.1, 0.15) is 22.8 Å². The molecule has 1 heterocycles. The van der Waals surface area contributed by atoms with Crippen molar-refractivity contribution in [1.29, 1.82) is 0 Å². The lowest BCUT2D eigenvalue weighted by Crippen LogP contribution is -2.52. The number of urea groups is 1. The molecule has 6 atom stereocenters. The maximum absolute atomic E-state index is 13.8. The summed E-state index contributed by atoms with van der Waals surface area (Å²) in [5, 5.41) is 48.9. The third-order valence-electron chi connectivity index (χ3n) is 8.15. The Balaban J connectivity index is 1.68. The van der Waals surface area contributed by atoms with Gasteiger partial charge in [0.15, 0.2) is 12.1 Å². The molecule has 1 fully saturated rings. The summed E-state index contributed by atoms with van der Waals surface area (Å²) < 4.78 is 17.3. The molecule has 2 aromatic carbocycles. The first-order valence-electron chi connectivity index (χ1n) is 13.2. The lowest BCUT2D eigenvalue weighted by molar-refractivity contribution is -0.245. The van der Waals surface area contributed by atoms with Gasteiger partial charge < -0.3 is 46.1 Å². The van der Waals surface area contributed by atoms with Crippen LogP contribution in [0.25, 0.3) is 0 Å². The van der Waals surface area contributed by atoms with Gasteiger partial charge in [-0.15, -0.1) is 0 Å². The van der Waals surface area contributed by atoms with Gasteiger partial charge in [-0.2, -0.15) is 5.10 Å². The highest BCUT2D eigenvalue weighted by atomic mass is 16.7. The molecule has 0 unspecified atom stereocenters. The SMILES string of the molecule is COc1cccc2c1C(=O)c1c(O)c3c(c(O)c1C2=O)C[C@@](O)(/C(C)=N/NC(N)=O)C[C@H]3O[C@H]1C[C@@H](N)[C@@H](O)[C@H](C)O1. The van der Waals surface area contributed by atoms with E-state index < -0.39 is 76.5 Å². The number of amides is 2. The Morgan fingerprint density at radius 1 is 1.17 bits per heavy atom. The zero-order valence-corrected chi connectivity index (χ0v) is 23.1. The fourth-order valence-electron chi connectivity index (χ4n) is 5.91. The number of nitrogens with one attached hydrogen (secondary N) is 1. The third kappa shape index (κ3) is 4.66. The van der Waals surface area contributed by atoms with Crippen molar-refractivity contribution in [2.45, 2.75) is 69.4 Å². The Kier molecular flexibility index (Phi) is 7.45. The summed E-state index contributed by atoms with van der Waals surface area (Å²) in [6.45, 7) is 3.02. The van der Waals surface area contributed by atoms with Crippen LogP contribution in [0.2, 0.25) is 0 Å². The molecule has 0 aromatic heterocycles. The van der Waals surface area contributed by atoms with Crippen molar-refractivity contribution in [3.63, 3.8) is 0 Å². The molecule has 0 saturated carbocycles. The van der Waals surface area contributed by atoms with Crippen LogP contribution < -0.4 is 21.6 Å². The maximum Gasteiger partial charge on any atom is 0.332 e. The lowest BCUT2D eigenvalue weighted by Gasteiger charge is -2.42. The molecule has 14 heteroatoms. The topological polar surface area (TPSA) is 236 Å². The van der Waals surface area contributed by atoms with Gasteiger partial charge >= 0.3 is 6.03 Å². The Morgan fingerprint density at radius 3 is 2.50 bits per heavy atom. The first-order valence-corrected chi connectivity index (χ1v) is 13.2. The Hall–Kier alpha value is -4.08. The summed E-state index contributed by atoms with van der Waals surface area (Å²) in [6.07, 6.45) is -4.54. The number of nitrogens with two attached hydrogens (primary N) is 2. The molecular weight excluding hydrogens is 552 g/mol. The molecule has 224 valence electrons. The second-order valence-corrected chi connectivity index (χ2v) is 10.8. The molecule has 0 radical (unpaired) electrons. The van der Waals surface area contributed by atoms with Gasteiger partial charge in [0.05, 0.1) is 47.8 Å². The largest absolute Gasteiger partial charge is 0.507 e. The van der Waals surface area contributed by atoms with Crippen LogP contribution >= 0.6 is 0 Å². The van der Waals surface area contributed by atoms with E-state index in [1.165, 1.54) is 32.2 Å². The van der Waals surface area contributed by atoms with Crippen molar-refractivity contribution < 1.29 is 49.0 Å². The smallest absolute Gasteiger partial charge is 0.332 e. The van der Waals surface area contributed by atoms with E-state index in [2.05, 4.69) is 5.10 Å². The summed E-state index contributed by atoms with van der Waals surface area (Å²) >= 11 is 0. The van der Waals surface area contributed by atoms with Crippen LogP contribution in [0.15, 0.2) is 23.3 Å². The zero-order valence-electron chi connectivity index (χ0n) is 23.1. The summed E-state index contributed by atoms with van der Waals surface area (Å²) in [4.78, 5) is 38.7. The van der Waals surface area contributed by atoms with Crippen molar-refractivity contribution in [1.82, 2.24) is 5.43 Å². The Labute approximate surface area is 239 Å². The van der Waals surface area contributed by atoms with Crippen molar-refractivity contribution in [3.05, 3.63) is 51.6 Å². The van der Waals surface area contributed by atoms with Gasteiger partial charge in [0.25, 0.3) is 0 Å². The van der Waals surface area contributed by atoms with E-state index in [4.69, 9.17) is 25.7 Å². The Morgan fingerprint density at radius 2 is 1.86 bits per heavy atom. The molecule has 9 N–H and O–H groups in total. The van der Waals surface area contributed by atoms with Gasteiger partial charge in [-0.1, -0.05) is 12.1 Å². The number of nitrogens with zero attached hydrogens (tertiary/aromatic N) is 1. The number of ether oxygens (including phenoxy) is 3. The number of ketones is 2. The number of fused-ring (bicyclic) bond motifs is 3. The number of rotatable bonds is 5. The second-order valence-electron chi connectivity index (χ2n) is 10.8. The molecular formula is C28H32N4O10. The third-order valence-corrected chi connectivity index (χ3v) is 8.15. The molecule has 0 bridgehead atoms. The standard InChI is InChI=1S/C28H32N4O10/c1-10-22(33)14(29)7-17(41-10)42-16-9-28(39,11(2)31-32-27(30)38)8-13-19(16)26(37)21-20(24(13)35)23(34)12-5-4-6-15(40-3)18(12)25(21)36/h4-6,10,14,16-17,22,33,35,37,39H,7-9,29H2,1-3H3,(H3,30,32,38)/b31-11+/t10-,14+,16+,17-,22-,28-/m0/s1. The highest BCUT2D eigenvalue weighted by Gasteiger charge is 2.49. The number of aromatic hydroxyl groups is 2. The van der Waals surface area contributed by atoms with Gasteiger partial charge in [-0.3, -0.25) is 9.59 Å². The number of aliphatic hydroxyl groups excluding tert-OH is 1. The molecule has 2 aromatic rings. The van der Waals surface area contributed by atoms with Crippen molar-refractivity contribution >= 4 is 23.3 Å². The van der Waals surface area contributed by atoms with E-state index >= 15 is 0 Å². The molecule has 3 aliphatic rings. The first kappa shape index (κ1) is 29.4. The molecule has 14 nitrogen and oxygen atoms in total. The molecule has 1 aliphatic heterocycles. The summed E-state index contributed by atoms with van der Waals surface area (Å²) in [7, 11) is 1.33. The van der Waals surface area contributed by atoms with E-state index in [0.717, 1.165) is 0 Å². The van der Waals surface area contributed by atoms with E-state index in [1.807, 2.05) is 5.43 Å². The number of methoxy groups -OCH3 is 1. The lowest BCUT2D eigenvalue weighted by atomic mass is 9.72. The van der Waals surface area contributed by atoms with Gasteiger partial charge in [0, 0.05) is 42.0 Å². The molecule has 42 heavy (non-hydrogen) atoms. The number of benzene rings is 2. The van der Waals surface area contributed by atoms with Crippen LogP contribution in [-0.4, -0.2) is 81.0 Å². The van der Waals surface area contributed by atoms with E-state index in [1.54, 1.807) is 6.92 Å². The van der Waals surface area contributed by atoms with E-state index in [-0.39, 0.29) is 53.0 Å². The summed E-state index contributed by atoms with van der Waals surface area (Å²) in [6, 6.07) is 2.73. The highest BCUT2D eigenvalue weighted by Crippen LogP contribution is 2.52. The number of primary amides is 1. The fraction of sp³-hybridized carbons (Fsp3) is 0.429. The van der Waals surface area contributed by atoms with Gasteiger partial charge in [-0.25, -0.2) is 10.2 Å². The summed E-state index contributed by atoms with van der Waals surface area (Å²) in [5.74, 6) is -2.61. The van der Waals surface area contributed by atoms with E-state index in [9.17, 15) is 34.8 Å². The molecule has 0 spiro atoms. The number of hydrogen-bond acceptors (Lipinski definition) is 12. The minimum Gasteiger partial charge on any atom is -0.507 e. The van der Waals surface area contributed by atoms with Crippen LogP contribution in [0.5, 0.6) is 17.2 Å². The van der Waals surface area contributed by atoms with Crippen molar-refractivity contribution in [2.75, 3.05) is 7.11 Å². The zero-order chi connectivity index (χ0) is 30.7. The number of carbonyl (C=O) groups excluding carboxylic acids is 3. The Bertz CT molecular complexity index is 1510. The minimum atomic E-state index is -1.89. The number of phenolic OH excluding ortho intramolecular Hbond substituents is 2. The number of hydrogen-bond donors (Lipinski definition) is 7. The monoisotopic (exact) mass is 584 g/mol. The predicted molar refractivity (Wildman–Crippen MR) is 145 cm³/mol. The van der Waals surface area contributed by atoms with Crippen LogP contribution in [0, 0.1) is 0 Å². The molecule has 1 saturated heterocycles. The van der Waals surface area contributed by atoms with Crippen molar-refractivity contribution in [3.8, 4) is 17.2 Å². The number of aliphatic hydroxyl groups is 2. The highest BCUT2D eigenvalue weighted by molar-refractivity contribution is 6.31. The van der Waals surface area contributed by atoms with Gasteiger partial charge in [-0.05, 0) is 19.9 Å². The van der Waals surface area contributed by atoms with Crippen LogP contribution in [0.3, 0.4) is 0 Å². The van der Waals surface area contributed by atoms with Gasteiger partial charge in [0.2, 0.25) is 5.78 Å². The minimum absolute atomic E-state index is 0.0142. The average Bonchev–Trinajstić information content (AvgIpc) is 2.94. The van der Waals surface area contributed by atoms with E-state index in [0.29, 0.717) is 0 Å². The van der Waals surface area contributed by atoms with Crippen LogP contribution in [0.4, 0.5) is 4.79 Å². The quantitative estimate of drug-likeness (QED) is 0.124. The average molecular weight is 585 g/mol. The fourth-order valence-corrected chi connectivity index (χ4v) is 5.91. The molecule has 2 aliphatic carbocycles. The van der Waals surface area contributed by atoms with Crippen molar-refractivity contribution in [2.24, 2.45) is 16.6 Å². The maximum atomic E-state index is 13.8. The number of phenols is 2. The number of hydrazone groups is 1. The second kappa shape index (κ2) is 10.6. The van der Waals surface area contributed by atoms with Crippen LogP contribution in [0.1, 0.15) is 75.8 Å². The normalized spacial score (nSPS) is 28.9. The first-order chi connectivity index (χ1) is 19.8. The molecule has 5 rings (SSSR count). The number of carbonyl (C=O) groups is 3. The predicted octanol–water partition coefficient (Wildman–Crippen LogP) is 0.484.